The van der Waals surface area contributed by atoms with E-state index in [4.69, 9.17) is 5.73 Å². The molecule has 0 bridgehead atoms. The summed E-state index contributed by atoms with van der Waals surface area (Å²) in [5.74, 6) is 1.27. The number of nitrogens with two attached hydrogens (primary N) is 1. The van der Waals surface area contributed by atoms with Crippen LogP contribution in [0.25, 0.3) is 5.69 Å². The van der Waals surface area contributed by atoms with Crippen molar-refractivity contribution in [3.8, 4) is 5.69 Å². The molecule has 2 rings (SSSR count). The Morgan fingerprint density at radius 2 is 2.04 bits per heavy atom. The van der Waals surface area contributed by atoms with Crippen molar-refractivity contribution in [2.45, 2.75) is 52.6 Å². The van der Waals surface area contributed by atoms with Crippen molar-refractivity contribution in [2.24, 2.45) is 16.6 Å². The number of hydrogen-bond acceptors (Lipinski definition) is 2. The van der Waals surface area contributed by atoms with Crippen LogP contribution in [0.1, 0.15) is 45.6 Å². The van der Waals surface area contributed by atoms with Crippen LogP contribution in [-0.4, -0.2) is 21.8 Å². The zero-order valence-electron chi connectivity index (χ0n) is 15.4. The third kappa shape index (κ3) is 7.90. The maximum atomic E-state index is 6.01. The average molecular weight is 455 g/mol. The molecule has 0 radical (unpaired) electrons. The second-order valence-corrected chi connectivity index (χ2v) is 6.69. The van der Waals surface area contributed by atoms with E-state index in [0.717, 1.165) is 23.6 Å². The van der Waals surface area contributed by atoms with Crippen molar-refractivity contribution in [1.29, 1.82) is 0 Å². The highest BCUT2D eigenvalue weighted by Crippen LogP contribution is 2.11. The van der Waals surface area contributed by atoms with E-state index in [-0.39, 0.29) is 24.0 Å². The van der Waals surface area contributed by atoms with Gasteiger partial charge in [-0.25, -0.2) is 9.67 Å². The molecule has 138 valence electrons. The molecule has 6 heteroatoms. The summed E-state index contributed by atoms with van der Waals surface area (Å²) in [4.78, 5) is 4.45. The van der Waals surface area contributed by atoms with Gasteiger partial charge in [-0.2, -0.15) is 5.10 Å². The minimum atomic E-state index is 0. The Bertz CT molecular complexity index is 637. The van der Waals surface area contributed by atoms with Gasteiger partial charge in [0.1, 0.15) is 0 Å². The van der Waals surface area contributed by atoms with E-state index in [1.807, 2.05) is 29.1 Å². The zero-order valence-corrected chi connectivity index (χ0v) is 17.7. The second kappa shape index (κ2) is 11.1. The molecule has 2 aromatic rings. The van der Waals surface area contributed by atoms with Crippen LogP contribution in [0.3, 0.4) is 0 Å². The van der Waals surface area contributed by atoms with E-state index in [1.54, 1.807) is 6.20 Å². The molecular weight excluding hydrogens is 425 g/mol. The summed E-state index contributed by atoms with van der Waals surface area (Å²) in [6, 6.07) is 10.4. The minimum absolute atomic E-state index is 0. The number of guanidine groups is 1. The third-order valence-electron chi connectivity index (χ3n) is 3.92. The number of halogens is 1. The predicted molar refractivity (Wildman–Crippen MR) is 116 cm³/mol. The van der Waals surface area contributed by atoms with Crippen molar-refractivity contribution in [3.05, 3.63) is 48.3 Å². The number of hydrogen-bond donors (Lipinski definition) is 2. The first-order chi connectivity index (χ1) is 11.5. The molecule has 0 saturated carbocycles. The average Bonchev–Trinajstić information content (AvgIpc) is 3.07. The maximum absolute atomic E-state index is 6.01. The summed E-state index contributed by atoms with van der Waals surface area (Å²) in [6.45, 7) is 7.23. The van der Waals surface area contributed by atoms with Crippen LogP contribution in [0.4, 0.5) is 0 Å². The fourth-order valence-electron chi connectivity index (χ4n) is 2.60. The highest BCUT2D eigenvalue weighted by atomic mass is 127. The van der Waals surface area contributed by atoms with Crippen molar-refractivity contribution in [2.75, 3.05) is 0 Å². The van der Waals surface area contributed by atoms with E-state index in [2.05, 4.69) is 48.3 Å². The van der Waals surface area contributed by atoms with Crippen molar-refractivity contribution >= 4 is 29.9 Å². The molecule has 0 saturated heterocycles. The number of nitrogens with one attached hydrogen (secondary N) is 1. The van der Waals surface area contributed by atoms with Crippen LogP contribution in [-0.2, 0) is 6.54 Å². The third-order valence-corrected chi connectivity index (χ3v) is 3.92. The van der Waals surface area contributed by atoms with E-state index < -0.39 is 0 Å². The number of rotatable bonds is 8. The van der Waals surface area contributed by atoms with Gasteiger partial charge in [0.2, 0.25) is 0 Å². The van der Waals surface area contributed by atoms with Crippen LogP contribution in [0.2, 0.25) is 0 Å². The van der Waals surface area contributed by atoms with E-state index in [0.29, 0.717) is 18.5 Å². The predicted octanol–water partition coefficient (Wildman–Crippen LogP) is 4.11. The number of aromatic nitrogens is 2. The minimum Gasteiger partial charge on any atom is -0.370 e. The standard InChI is InChI=1S/C19H29N5.HI/c1-15(2)7-4-8-16(3)23-19(20)21-14-17-9-5-10-18(13-17)24-12-6-11-22-24;/h5-6,9-13,15-16H,4,7-8,14H2,1-3H3,(H3,20,21,23);1H. The molecule has 1 aromatic heterocycles. The zero-order chi connectivity index (χ0) is 17.4. The summed E-state index contributed by atoms with van der Waals surface area (Å²) < 4.78 is 1.84. The van der Waals surface area contributed by atoms with Crippen LogP contribution < -0.4 is 11.1 Å². The van der Waals surface area contributed by atoms with E-state index in [9.17, 15) is 0 Å². The highest BCUT2D eigenvalue weighted by molar-refractivity contribution is 14.0. The van der Waals surface area contributed by atoms with Crippen LogP contribution in [0.5, 0.6) is 0 Å². The molecule has 25 heavy (non-hydrogen) atoms. The van der Waals surface area contributed by atoms with Gasteiger partial charge in [-0.3, -0.25) is 0 Å². The summed E-state index contributed by atoms with van der Waals surface area (Å²) in [5, 5.41) is 7.52. The van der Waals surface area contributed by atoms with Gasteiger partial charge in [0.05, 0.1) is 12.2 Å². The van der Waals surface area contributed by atoms with E-state index in [1.165, 1.54) is 12.8 Å². The Morgan fingerprint density at radius 3 is 2.72 bits per heavy atom. The Morgan fingerprint density at radius 1 is 1.24 bits per heavy atom. The molecule has 0 aliphatic heterocycles. The molecule has 1 aromatic carbocycles. The number of aliphatic imine (C=N–C) groups is 1. The molecule has 0 spiro atoms. The van der Waals surface area contributed by atoms with Gasteiger partial charge in [0.25, 0.3) is 0 Å². The molecule has 0 amide bonds. The molecular formula is C19H30IN5. The van der Waals surface area contributed by atoms with Crippen molar-refractivity contribution in [1.82, 2.24) is 15.1 Å². The summed E-state index contributed by atoms with van der Waals surface area (Å²) in [6.07, 6.45) is 7.28. The van der Waals surface area contributed by atoms with E-state index >= 15 is 0 Å². The molecule has 5 nitrogen and oxygen atoms in total. The highest BCUT2D eigenvalue weighted by Gasteiger charge is 2.04. The van der Waals surface area contributed by atoms with Gasteiger partial charge in [0.15, 0.2) is 5.96 Å². The van der Waals surface area contributed by atoms with Crippen molar-refractivity contribution in [3.63, 3.8) is 0 Å². The lowest BCUT2D eigenvalue weighted by molar-refractivity contribution is 0.493. The first kappa shape index (κ1) is 21.5. The fourth-order valence-corrected chi connectivity index (χ4v) is 2.60. The lowest BCUT2D eigenvalue weighted by Gasteiger charge is -2.15. The van der Waals surface area contributed by atoms with Gasteiger partial charge >= 0.3 is 0 Å². The van der Waals surface area contributed by atoms with Gasteiger partial charge < -0.3 is 11.1 Å². The Kier molecular flexibility index (Phi) is 9.55. The first-order valence-corrected chi connectivity index (χ1v) is 8.70. The fraction of sp³-hybridized carbons (Fsp3) is 0.474. The summed E-state index contributed by atoms with van der Waals surface area (Å²) in [5.41, 5.74) is 8.15. The largest absolute Gasteiger partial charge is 0.370 e. The molecule has 0 fully saturated rings. The van der Waals surface area contributed by atoms with Gasteiger partial charge in [-0.1, -0.05) is 38.8 Å². The first-order valence-electron chi connectivity index (χ1n) is 8.70. The Balaban J connectivity index is 0.00000312. The molecule has 0 aliphatic carbocycles. The summed E-state index contributed by atoms with van der Waals surface area (Å²) >= 11 is 0. The SMILES string of the molecule is CC(C)CCCC(C)NC(N)=NCc1cccc(-n2cccn2)c1.I. The lowest BCUT2D eigenvalue weighted by Crippen LogP contribution is -2.38. The monoisotopic (exact) mass is 455 g/mol. The molecule has 1 atom stereocenters. The lowest BCUT2D eigenvalue weighted by atomic mass is 10.0. The summed E-state index contributed by atoms with van der Waals surface area (Å²) in [7, 11) is 0. The molecule has 3 N–H and O–H groups in total. The van der Waals surface area contributed by atoms with Gasteiger partial charge in [0, 0.05) is 18.4 Å². The van der Waals surface area contributed by atoms with Crippen LogP contribution in [0, 0.1) is 5.92 Å². The smallest absolute Gasteiger partial charge is 0.189 e. The normalized spacial score (nSPS) is 12.7. The van der Waals surface area contributed by atoms with Crippen LogP contribution >= 0.6 is 24.0 Å². The second-order valence-electron chi connectivity index (χ2n) is 6.69. The van der Waals surface area contributed by atoms with Gasteiger partial charge in [-0.15, -0.1) is 24.0 Å². The van der Waals surface area contributed by atoms with Gasteiger partial charge in [-0.05, 0) is 43.0 Å². The number of benzene rings is 1. The van der Waals surface area contributed by atoms with Crippen molar-refractivity contribution < 1.29 is 0 Å². The Hall–Kier alpha value is -1.57. The molecule has 0 aliphatic rings. The maximum Gasteiger partial charge on any atom is 0.189 e. The van der Waals surface area contributed by atoms with Crippen LogP contribution in [0.15, 0.2) is 47.7 Å². The molecule has 1 unspecified atom stereocenters. The molecule has 1 heterocycles. The topological polar surface area (TPSA) is 68.2 Å². The Labute approximate surface area is 168 Å². The quantitative estimate of drug-likeness (QED) is 0.358. The number of nitrogens with zero attached hydrogens (tertiary/aromatic N) is 3.